The van der Waals surface area contributed by atoms with E-state index < -0.39 is 4.92 Å². The van der Waals surface area contributed by atoms with Crippen LogP contribution in [0, 0.1) is 10.1 Å². The van der Waals surface area contributed by atoms with Crippen LogP contribution in [0.1, 0.15) is 12.5 Å². The summed E-state index contributed by atoms with van der Waals surface area (Å²) >= 11 is 0. The molecule has 0 saturated carbocycles. The van der Waals surface area contributed by atoms with Crippen LogP contribution in [0.5, 0.6) is 0 Å². The number of hydrogen-bond acceptors (Lipinski definition) is 7. The van der Waals surface area contributed by atoms with E-state index in [9.17, 15) is 10.1 Å². The van der Waals surface area contributed by atoms with Crippen molar-refractivity contribution in [1.29, 1.82) is 0 Å². The van der Waals surface area contributed by atoms with Crippen molar-refractivity contribution in [3.63, 3.8) is 0 Å². The van der Waals surface area contributed by atoms with Gasteiger partial charge in [0.2, 0.25) is 11.8 Å². The highest BCUT2D eigenvalue weighted by Crippen LogP contribution is 2.21. The minimum Gasteiger partial charge on any atom is -0.364 e. The van der Waals surface area contributed by atoms with E-state index in [1.165, 1.54) is 6.20 Å². The number of hydrogen-bond donors (Lipinski definition) is 2. The average Bonchev–Trinajstić information content (AvgIpc) is 2.85. The van der Waals surface area contributed by atoms with E-state index in [4.69, 9.17) is 0 Å². The Morgan fingerprint density at radius 1 is 1.38 bits per heavy atom. The number of nitrogens with zero attached hydrogens (tertiary/aromatic N) is 5. The third-order valence-electron chi connectivity index (χ3n) is 2.77. The lowest BCUT2D eigenvalue weighted by Crippen LogP contribution is -2.11. The van der Waals surface area contributed by atoms with Gasteiger partial charge < -0.3 is 10.6 Å². The molecule has 2 aromatic heterocycles. The van der Waals surface area contributed by atoms with Gasteiger partial charge in [0, 0.05) is 26.3 Å². The maximum atomic E-state index is 11.0. The molecule has 0 aliphatic rings. The molecule has 0 unspecified atom stereocenters. The van der Waals surface area contributed by atoms with Crippen molar-refractivity contribution in [2.75, 3.05) is 23.7 Å². The lowest BCUT2D eigenvalue weighted by Gasteiger charge is -2.07. The van der Waals surface area contributed by atoms with Crippen LogP contribution < -0.4 is 10.6 Å². The zero-order valence-corrected chi connectivity index (χ0v) is 11.9. The highest BCUT2D eigenvalue weighted by molar-refractivity contribution is 5.56. The van der Waals surface area contributed by atoms with Gasteiger partial charge >= 0.3 is 5.69 Å². The van der Waals surface area contributed by atoms with Gasteiger partial charge in [-0.2, -0.15) is 10.1 Å². The van der Waals surface area contributed by atoms with Crippen molar-refractivity contribution >= 4 is 17.5 Å². The lowest BCUT2D eigenvalue weighted by atomic mass is 10.2. The predicted molar refractivity (Wildman–Crippen MR) is 78.3 cm³/mol. The Kier molecular flexibility index (Phi) is 4.64. The van der Waals surface area contributed by atoms with Crippen LogP contribution in [-0.2, 0) is 13.5 Å². The van der Waals surface area contributed by atoms with Crippen molar-refractivity contribution in [3.05, 3.63) is 34.3 Å². The molecule has 0 amide bonds. The summed E-state index contributed by atoms with van der Waals surface area (Å²) in [4.78, 5) is 18.5. The van der Waals surface area contributed by atoms with Crippen LogP contribution in [-0.4, -0.2) is 37.8 Å². The highest BCUT2D eigenvalue weighted by atomic mass is 16.6. The molecular formula is C12H17N7O2. The van der Waals surface area contributed by atoms with Gasteiger partial charge in [0.25, 0.3) is 0 Å². The smallest absolute Gasteiger partial charge is 0.329 e. The lowest BCUT2D eigenvalue weighted by molar-refractivity contribution is -0.384. The second-order valence-electron chi connectivity index (χ2n) is 4.41. The van der Waals surface area contributed by atoms with Crippen LogP contribution in [0.4, 0.5) is 17.5 Å². The fourth-order valence-corrected chi connectivity index (χ4v) is 1.81. The normalized spacial score (nSPS) is 10.4. The van der Waals surface area contributed by atoms with Gasteiger partial charge in [-0.1, -0.05) is 0 Å². The van der Waals surface area contributed by atoms with Gasteiger partial charge in [-0.15, -0.1) is 0 Å². The predicted octanol–water partition coefficient (Wildman–Crippen LogP) is 1.20. The Morgan fingerprint density at radius 3 is 2.81 bits per heavy atom. The summed E-state index contributed by atoms with van der Waals surface area (Å²) in [5, 5.41) is 21.0. The highest BCUT2D eigenvalue weighted by Gasteiger charge is 2.16. The van der Waals surface area contributed by atoms with Crippen LogP contribution in [0.25, 0.3) is 0 Å². The van der Waals surface area contributed by atoms with Crippen molar-refractivity contribution in [2.24, 2.45) is 7.05 Å². The summed E-state index contributed by atoms with van der Waals surface area (Å²) in [5.41, 5.74) is 0.913. The molecule has 2 rings (SSSR count). The molecule has 2 N–H and O–H groups in total. The van der Waals surface area contributed by atoms with Crippen LogP contribution in [0.15, 0.2) is 18.6 Å². The Balaban J connectivity index is 2.05. The minimum absolute atomic E-state index is 0.136. The molecule has 0 aromatic carbocycles. The number of anilines is 2. The van der Waals surface area contributed by atoms with E-state index in [0.29, 0.717) is 25.5 Å². The standard InChI is InChI=1S/C12H17N7O2/c1-3-13-12-15-7-10(19(20)21)11(17-12)14-5-4-9-6-16-18(2)8-9/h6-8H,3-5H2,1-2H3,(H2,13,14,15,17). The van der Waals surface area contributed by atoms with Gasteiger partial charge in [-0.05, 0) is 18.9 Å². The number of nitro groups is 1. The first-order valence-electron chi connectivity index (χ1n) is 6.57. The topological polar surface area (TPSA) is 111 Å². The number of rotatable bonds is 7. The molecule has 0 bridgehead atoms. The zero-order chi connectivity index (χ0) is 15.2. The number of aromatic nitrogens is 4. The monoisotopic (exact) mass is 291 g/mol. The van der Waals surface area contributed by atoms with Gasteiger partial charge in [0.05, 0.1) is 11.1 Å². The summed E-state index contributed by atoms with van der Waals surface area (Å²) in [6.45, 7) is 3.07. The minimum atomic E-state index is -0.498. The van der Waals surface area contributed by atoms with Crippen LogP contribution in [0.2, 0.25) is 0 Å². The van der Waals surface area contributed by atoms with Crippen molar-refractivity contribution in [2.45, 2.75) is 13.3 Å². The van der Waals surface area contributed by atoms with Crippen LogP contribution in [0.3, 0.4) is 0 Å². The van der Waals surface area contributed by atoms with Gasteiger partial charge in [-0.3, -0.25) is 14.8 Å². The van der Waals surface area contributed by atoms with E-state index in [-0.39, 0.29) is 11.5 Å². The molecule has 0 aliphatic carbocycles. The summed E-state index contributed by atoms with van der Waals surface area (Å²) < 4.78 is 1.71. The molecule has 9 heteroatoms. The Bertz CT molecular complexity index is 626. The first kappa shape index (κ1) is 14.7. The molecule has 0 aliphatic heterocycles. The summed E-state index contributed by atoms with van der Waals surface area (Å²) in [6.07, 6.45) is 5.57. The van der Waals surface area contributed by atoms with E-state index in [2.05, 4.69) is 25.7 Å². The fraction of sp³-hybridized carbons (Fsp3) is 0.417. The third kappa shape index (κ3) is 3.88. The first-order valence-corrected chi connectivity index (χ1v) is 6.57. The average molecular weight is 291 g/mol. The molecule has 0 fully saturated rings. The zero-order valence-electron chi connectivity index (χ0n) is 11.9. The molecule has 0 spiro atoms. The van der Waals surface area contributed by atoms with Crippen LogP contribution >= 0.6 is 0 Å². The second-order valence-corrected chi connectivity index (χ2v) is 4.41. The van der Waals surface area contributed by atoms with E-state index in [0.717, 1.165) is 5.56 Å². The SMILES string of the molecule is CCNc1ncc([N+](=O)[O-])c(NCCc2cnn(C)c2)n1. The molecule has 0 atom stereocenters. The molecular weight excluding hydrogens is 274 g/mol. The maximum Gasteiger partial charge on any atom is 0.329 e. The van der Waals surface area contributed by atoms with Crippen molar-refractivity contribution in [1.82, 2.24) is 19.7 Å². The van der Waals surface area contributed by atoms with E-state index >= 15 is 0 Å². The molecule has 2 heterocycles. The van der Waals surface area contributed by atoms with E-state index in [1.54, 1.807) is 10.9 Å². The Labute approximate surface area is 121 Å². The summed E-state index contributed by atoms with van der Waals surface area (Å²) in [5.74, 6) is 0.585. The first-order chi connectivity index (χ1) is 10.1. The van der Waals surface area contributed by atoms with Gasteiger partial charge in [0.15, 0.2) is 0 Å². The summed E-state index contributed by atoms with van der Waals surface area (Å²) in [7, 11) is 1.84. The Hall–Kier alpha value is -2.71. The van der Waals surface area contributed by atoms with Gasteiger partial charge in [0.1, 0.15) is 6.20 Å². The second kappa shape index (κ2) is 6.64. The van der Waals surface area contributed by atoms with Gasteiger partial charge in [-0.25, -0.2) is 4.98 Å². The fourth-order valence-electron chi connectivity index (χ4n) is 1.81. The molecule has 21 heavy (non-hydrogen) atoms. The molecule has 0 radical (unpaired) electrons. The molecule has 0 saturated heterocycles. The largest absolute Gasteiger partial charge is 0.364 e. The van der Waals surface area contributed by atoms with Crippen molar-refractivity contribution < 1.29 is 4.92 Å². The Morgan fingerprint density at radius 2 is 2.19 bits per heavy atom. The molecule has 2 aromatic rings. The number of nitrogens with one attached hydrogen (secondary N) is 2. The quantitative estimate of drug-likeness (QED) is 0.582. The van der Waals surface area contributed by atoms with Crippen molar-refractivity contribution in [3.8, 4) is 0 Å². The number of aryl methyl sites for hydroxylation is 1. The summed E-state index contributed by atoms with van der Waals surface area (Å²) in [6, 6.07) is 0. The maximum absolute atomic E-state index is 11.0. The van der Waals surface area contributed by atoms with E-state index in [1.807, 2.05) is 20.2 Å². The molecule has 112 valence electrons. The third-order valence-corrected chi connectivity index (χ3v) is 2.77. The molecule has 9 nitrogen and oxygen atoms in total.